The number of amides is 2. The van der Waals surface area contributed by atoms with Gasteiger partial charge in [-0.25, -0.2) is 0 Å². The fourth-order valence-corrected chi connectivity index (χ4v) is 1.64. The van der Waals surface area contributed by atoms with Crippen LogP contribution in [0.3, 0.4) is 0 Å². The van der Waals surface area contributed by atoms with Gasteiger partial charge in [0.05, 0.1) is 5.75 Å². The molecule has 0 atom stereocenters. The molecule has 0 aromatic heterocycles. The van der Waals surface area contributed by atoms with Crippen molar-refractivity contribution in [2.45, 2.75) is 0 Å². The molecule has 3 N–H and O–H groups in total. The Hall–Kier alpha value is -1.33. The number of imide groups is 1. The van der Waals surface area contributed by atoms with Crippen LogP contribution in [0, 0.1) is 0 Å². The summed E-state index contributed by atoms with van der Waals surface area (Å²) < 4.78 is 0. The highest BCUT2D eigenvalue weighted by molar-refractivity contribution is 7.99. The van der Waals surface area contributed by atoms with Gasteiger partial charge in [0.25, 0.3) is 5.91 Å². The molecule has 0 saturated heterocycles. The molecule has 1 aromatic rings. The summed E-state index contributed by atoms with van der Waals surface area (Å²) in [4.78, 5) is 22.8. The Morgan fingerprint density at radius 2 is 1.94 bits per heavy atom. The van der Waals surface area contributed by atoms with Crippen molar-refractivity contribution in [1.29, 1.82) is 0 Å². The van der Waals surface area contributed by atoms with Crippen LogP contribution in [0.2, 0.25) is 0 Å². The van der Waals surface area contributed by atoms with Gasteiger partial charge in [0.15, 0.2) is 0 Å². The molecule has 0 aliphatic rings. The Morgan fingerprint density at radius 3 is 2.56 bits per heavy atom. The summed E-state index contributed by atoms with van der Waals surface area (Å²) in [6.45, 7) is 0.532. The summed E-state index contributed by atoms with van der Waals surface area (Å²) in [5, 5.41) is 2.32. The molecule has 86 valence electrons. The summed E-state index contributed by atoms with van der Waals surface area (Å²) >= 11 is 1.41. The van der Waals surface area contributed by atoms with E-state index in [9.17, 15) is 9.59 Å². The second kappa shape index (κ2) is 7.03. The van der Waals surface area contributed by atoms with Crippen LogP contribution in [0.5, 0.6) is 0 Å². The predicted molar refractivity (Wildman–Crippen MR) is 65.3 cm³/mol. The summed E-state index contributed by atoms with van der Waals surface area (Å²) in [6, 6.07) is 8.64. The highest BCUT2D eigenvalue weighted by Crippen LogP contribution is 2.00. The van der Waals surface area contributed by atoms with Gasteiger partial charge in [0.2, 0.25) is 5.91 Å². The zero-order valence-corrected chi connectivity index (χ0v) is 9.63. The lowest BCUT2D eigenvalue weighted by atomic mass is 10.2. The normalized spacial score (nSPS) is 9.81. The summed E-state index contributed by atoms with van der Waals surface area (Å²) in [5.74, 6) is 0.328. The first-order valence-electron chi connectivity index (χ1n) is 4.91. The van der Waals surface area contributed by atoms with E-state index in [0.29, 0.717) is 17.9 Å². The van der Waals surface area contributed by atoms with Gasteiger partial charge in [-0.05, 0) is 12.1 Å². The van der Waals surface area contributed by atoms with E-state index in [2.05, 4.69) is 5.32 Å². The van der Waals surface area contributed by atoms with Gasteiger partial charge in [0.1, 0.15) is 0 Å². The molecule has 2 amide bonds. The molecule has 0 fully saturated rings. The van der Waals surface area contributed by atoms with Crippen LogP contribution in [0.4, 0.5) is 0 Å². The molecule has 4 nitrogen and oxygen atoms in total. The van der Waals surface area contributed by atoms with Crippen molar-refractivity contribution in [3.05, 3.63) is 35.9 Å². The molecule has 0 bridgehead atoms. The van der Waals surface area contributed by atoms with Crippen LogP contribution in [0.15, 0.2) is 30.3 Å². The molecule has 0 saturated carbocycles. The average Bonchev–Trinajstić information content (AvgIpc) is 2.30. The number of rotatable bonds is 5. The van der Waals surface area contributed by atoms with Crippen molar-refractivity contribution in [3.63, 3.8) is 0 Å². The van der Waals surface area contributed by atoms with Gasteiger partial charge in [-0.1, -0.05) is 18.2 Å². The maximum Gasteiger partial charge on any atom is 0.257 e. The number of nitrogens with one attached hydrogen (secondary N) is 1. The molecule has 0 unspecified atom stereocenters. The standard InChI is InChI=1S/C11H14N2O2S/c12-6-7-16-8-10(14)13-11(15)9-4-2-1-3-5-9/h1-5H,6-8,12H2,(H,13,14,15). The summed E-state index contributed by atoms with van der Waals surface area (Å²) in [6.07, 6.45) is 0. The maximum absolute atomic E-state index is 11.5. The molecule has 0 aliphatic carbocycles. The Kier molecular flexibility index (Phi) is 5.60. The third kappa shape index (κ3) is 4.46. The topological polar surface area (TPSA) is 72.2 Å². The number of carbonyl (C=O) groups excluding carboxylic acids is 2. The molecule has 0 heterocycles. The first-order valence-corrected chi connectivity index (χ1v) is 6.06. The van der Waals surface area contributed by atoms with Crippen LogP contribution < -0.4 is 11.1 Å². The first-order chi connectivity index (χ1) is 7.74. The number of nitrogens with two attached hydrogens (primary N) is 1. The number of benzene rings is 1. The van der Waals surface area contributed by atoms with Crippen molar-refractivity contribution >= 4 is 23.6 Å². The number of hydrogen-bond donors (Lipinski definition) is 2. The fourth-order valence-electron chi connectivity index (χ4n) is 1.07. The lowest BCUT2D eigenvalue weighted by molar-refractivity contribution is -0.117. The van der Waals surface area contributed by atoms with E-state index in [4.69, 9.17) is 5.73 Å². The minimum atomic E-state index is -0.362. The minimum absolute atomic E-state index is 0.260. The van der Waals surface area contributed by atoms with Gasteiger partial charge < -0.3 is 5.73 Å². The zero-order chi connectivity index (χ0) is 11.8. The van der Waals surface area contributed by atoms with E-state index >= 15 is 0 Å². The third-order valence-corrected chi connectivity index (χ3v) is 2.77. The van der Waals surface area contributed by atoms with Crippen LogP contribution in [0.25, 0.3) is 0 Å². The van der Waals surface area contributed by atoms with Crippen molar-refractivity contribution < 1.29 is 9.59 Å². The zero-order valence-electron chi connectivity index (χ0n) is 8.81. The van der Waals surface area contributed by atoms with Gasteiger partial charge in [-0.3, -0.25) is 14.9 Å². The summed E-state index contributed by atoms with van der Waals surface area (Å²) in [7, 11) is 0. The molecular formula is C11H14N2O2S. The Bertz CT molecular complexity index is 354. The largest absolute Gasteiger partial charge is 0.330 e. The smallest absolute Gasteiger partial charge is 0.257 e. The number of carbonyl (C=O) groups is 2. The van der Waals surface area contributed by atoms with E-state index in [1.165, 1.54) is 11.8 Å². The molecule has 1 rings (SSSR count). The van der Waals surface area contributed by atoms with Gasteiger partial charge in [-0.2, -0.15) is 11.8 Å². The lowest BCUT2D eigenvalue weighted by Crippen LogP contribution is -2.32. The molecule has 16 heavy (non-hydrogen) atoms. The van der Waals surface area contributed by atoms with E-state index in [0.717, 1.165) is 0 Å². The van der Waals surface area contributed by atoms with Crippen molar-refractivity contribution in [2.75, 3.05) is 18.1 Å². The molecule has 0 radical (unpaired) electrons. The Labute approximate surface area is 98.6 Å². The quantitative estimate of drug-likeness (QED) is 0.738. The Balaban J connectivity index is 2.37. The Morgan fingerprint density at radius 1 is 1.25 bits per heavy atom. The highest BCUT2D eigenvalue weighted by atomic mass is 32.2. The van der Waals surface area contributed by atoms with Crippen LogP contribution in [-0.2, 0) is 4.79 Å². The second-order valence-electron chi connectivity index (χ2n) is 3.08. The van der Waals surface area contributed by atoms with Gasteiger partial charge in [0, 0.05) is 17.9 Å². The van der Waals surface area contributed by atoms with Crippen LogP contribution in [-0.4, -0.2) is 29.9 Å². The number of hydrogen-bond acceptors (Lipinski definition) is 4. The van der Waals surface area contributed by atoms with E-state index in [1.807, 2.05) is 6.07 Å². The lowest BCUT2D eigenvalue weighted by Gasteiger charge is -2.03. The van der Waals surface area contributed by atoms with Crippen molar-refractivity contribution in [3.8, 4) is 0 Å². The van der Waals surface area contributed by atoms with E-state index in [-0.39, 0.29) is 17.6 Å². The van der Waals surface area contributed by atoms with E-state index in [1.54, 1.807) is 24.3 Å². The minimum Gasteiger partial charge on any atom is -0.330 e. The molecule has 1 aromatic carbocycles. The predicted octanol–water partition coefficient (Wildman–Crippen LogP) is 0.635. The SMILES string of the molecule is NCCSCC(=O)NC(=O)c1ccccc1. The monoisotopic (exact) mass is 238 g/mol. The first kappa shape index (κ1) is 12.7. The molecular weight excluding hydrogens is 224 g/mol. The van der Waals surface area contributed by atoms with Crippen molar-refractivity contribution in [1.82, 2.24) is 5.32 Å². The van der Waals surface area contributed by atoms with Crippen molar-refractivity contribution in [2.24, 2.45) is 5.73 Å². The molecule has 5 heteroatoms. The second-order valence-corrected chi connectivity index (χ2v) is 4.19. The van der Waals surface area contributed by atoms with Crippen LogP contribution >= 0.6 is 11.8 Å². The van der Waals surface area contributed by atoms with Crippen LogP contribution in [0.1, 0.15) is 10.4 Å². The molecule has 0 spiro atoms. The number of thioether (sulfide) groups is 1. The average molecular weight is 238 g/mol. The summed E-state index contributed by atoms with van der Waals surface area (Å²) in [5.41, 5.74) is 5.77. The third-order valence-electron chi connectivity index (χ3n) is 1.78. The van der Waals surface area contributed by atoms with Gasteiger partial charge >= 0.3 is 0 Å². The maximum atomic E-state index is 11.5. The van der Waals surface area contributed by atoms with Gasteiger partial charge in [-0.15, -0.1) is 0 Å². The van der Waals surface area contributed by atoms with E-state index < -0.39 is 0 Å². The highest BCUT2D eigenvalue weighted by Gasteiger charge is 2.08. The fraction of sp³-hybridized carbons (Fsp3) is 0.273. The molecule has 0 aliphatic heterocycles.